The molecule has 1 amide bonds. The maximum atomic E-state index is 11.8. The van der Waals surface area contributed by atoms with Gasteiger partial charge < -0.3 is 10.1 Å². The number of H-pyrrole nitrogens is 1. The number of hydrogen-bond donors (Lipinski definition) is 2. The molecule has 1 aromatic heterocycles. The molecule has 0 spiro atoms. The molecule has 0 aliphatic rings. The van der Waals surface area contributed by atoms with Crippen LogP contribution in [0.25, 0.3) is 0 Å². The lowest BCUT2D eigenvalue weighted by atomic mass is 10.2. The molecule has 0 saturated heterocycles. The third-order valence-corrected chi connectivity index (χ3v) is 3.11. The van der Waals surface area contributed by atoms with Crippen LogP contribution in [0.5, 0.6) is 5.75 Å². The molecule has 2 N–H and O–H groups in total. The van der Waals surface area contributed by atoms with E-state index in [9.17, 15) is 4.79 Å². The van der Waals surface area contributed by atoms with Crippen LogP contribution in [-0.4, -0.2) is 33.1 Å². The second-order valence-electron chi connectivity index (χ2n) is 4.99. The van der Waals surface area contributed by atoms with Crippen LogP contribution < -0.4 is 10.1 Å². The summed E-state index contributed by atoms with van der Waals surface area (Å²) in [5.74, 6) is 0.992. The molecule has 0 bridgehead atoms. The molecule has 118 valence electrons. The second kappa shape index (κ2) is 8.76. The summed E-state index contributed by atoms with van der Waals surface area (Å²) in [6.45, 7) is 2.91. The first-order valence-electron chi connectivity index (χ1n) is 7.53. The average molecular weight is 303 g/mol. The number of unbranched alkanes of at least 4 members (excludes halogenated alkanes) is 3. The summed E-state index contributed by atoms with van der Waals surface area (Å²) in [7, 11) is 0. The molecule has 1 aromatic carbocycles. The van der Waals surface area contributed by atoms with Gasteiger partial charge >= 0.3 is 0 Å². The monoisotopic (exact) mass is 303 g/mol. The summed E-state index contributed by atoms with van der Waals surface area (Å²) in [4.78, 5) is 11.8. The lowest BCUT2D eigenvalue weighted by Gasteiger charge is -2.08. The molecule has 0 saturated carbocycles. The highest BCUT2D eigenvalue weighted by Crippen LogP contribution is 2.16. The zero-order valence-corrected chi connectivity index (χ0v) is 12.7. The molecular weight excluding hydrogens is 282 g/mol. The Bertz CT molecular complexity index is 554. The number of amides is 1. The van der Waals surface area contributed by atoms with E-state index in [0.29, 0.717) is 11.5 Å². The van der Waals surface area contributed by atoms with Gasteiger partial charge in [0, 0.05) is 5.69 Å². The number of rotatable bonds is 9. The third-order valence-electron chi connectivity index (χ3n) is 3.11. The first-order valence-corrected chi connectivity index (χ1v) is 7.53. The number of tetrazole rings is 1. The smallest absolute Gasteiger partial charge is 0.232 e. The van der Waals surface area contributed by atoms with Gasteiger partial charge in [0.15, 0.2) is 5.82 Å². The molecule has 0 fully saturated rings. The Labute approximate surface area is 129 Å². The Hall–Kier alpha value is -2.44. The first kappa shape index (κ1) is 15.9. The Morgan fingerprint density at radius 1 is 1.23 bits per heavy atom. The van der Waals surface area contributed by atoms with E-state index in [1.165, 1.54) is 19.3 Å². The summed E-state index contributed by atoms with van der Waals surface area (Å²) in [5, 5.41) is 16.0. The third kappa shape index (κ3) is 5.51. The predicted octanol–water partition coefficient (Wildman–Crippen LogP) is 2.34. The van der Waals surface area contributed by atoms with Gasteiger partial charge in [-0.05, 0) is 30.7 Å². The summed E-state index contributed by atoms with van der Waals surface area (Å²) in [6.07, 6.45) is 4.82. The molecule has 0 unspecified atom stereocenters. The Morgan fingerprint density at radius 2 is 2.05 bits per heavy atom. The normalized spacial score (nSPS) is 10.4. The van der Waals surface area contributed by atoms with Gasteiger partial charge in [0.2, 0.25) is 5.91 Å². The van der Waals surface area contributed by atoms with Crippen molar-refractivity contribution in [2.45, 2.75) is 39.0 Å². The molecule has 0 radical (unpaired) electrons. The van der Waals surface area contributed by atoms with Crippen molar-refractivity contribution in [2.24, 2.45) is 0 Å². The van der Waals surface area contributed by atoms with Gasteiger partial charge in [-0.2, -0.15) is 5.21 Å². The van der Waals surface area contributed by atoms with Gasteiger partial charge in [-0.3, -0.25) is 4.79 Å². The number of hydrogen-bond acceptors (Lipinski definition) is 5. The number of ether oxygens (including phenoxy) is 1. The van der Waals surface area contributed by atoms with E-state index in [1.807, 2.05) is 24.3 Å². The molecule has 2 rings (SSSR count). The lowest BCUT2D eigenvalue weighted by Crippen LogP contribution is -2.15. The Kier molecular flexibility index (Phi) is 6.35. The van der Waals surface area contributed by atoms with Gasteiger partial charge in [-0.15, -0.1) is 10.2 Å². The number of aromatic nitrogens is 4. The lowest BCUT2D eigenvalue weighted by molar-refractivity contribution is -0.115. The zero-order chi connectivity index (χ0) is 15.6. The quantitative estimate of drug-likeness (QED) is 0.694. The van der Waals surface area contributed by atoms with Crippen molar-refractivity contribution >= 4 is 11.6 Å². The maximum Gasteiger partial charge on any atom is 0.232 e. The fraction of sp³-hybridized carbons (Fsp3) is 0.467. The molecule has 1 heterocycles. The fourth-order valence-corrected chi connectivity index (χ4v) is 1.96. The predicted molar refractivity (Wildman–Crippen MR) is 82.6 cm³/mol. The van der Waals surface area contributed by atoms with Crippen LogP contribution in [0.1, 0.15) is 38.4 Å². The summed E-state index contributed by atoms with van der Waals surface area (Å²) in [5.41, 5.74) is 0.715. The van der Waals surface area contributed by atoms with Crippen LogP contribution in [0.3, 0.4) is 0 Å². The highest BCUT2D eigenvalue weighted by atomic mass is 16.5. The van der Waals surface area contributed by atoms with Crippen molar-refractivity contribution in [3.63, 3.8) is 0 Å². The van der Waals surface area contributed by atoms with Gasteiger partial charge in [-0.25, -0.2) is 0 Å². The molecule has 7 heteroatoms. The highest BCUT2D eigenvalue weighted by Gasteiger charge is 2.07. The van der Waals surface area contributed by atoms with Crippen molar-refractivity contribution < 1.29 is 9.53 Å². The minimum absolute atomic E-state index is 0.0895. The molecule has 0 aliphatic heterocycles. The van der Waals surface area contributed by atoms with Gasteiger partial charge in [-0.1, -0.05) is 31.4 Å². The number of nitrogens with zero attached hydrogens (tertiary/aromatic N) is 3. The van der Waals surface area contributed by atoms with Crippen molar-refractivity contribution in [3.8, 4) is 5.75 Å². The summed E-state index contributed by atoms with van der Waals surface area (Å²) < 4.78 is 5.65. The van der Waals surface area contributed by atoms with E-state index in [4.69, 9.17) is 4.74 Å². The topological polar surface area (TPSA) is 92.8 Å². The standard InChI is InChI=1S/C15H21N5O2/c1-2-3-4-5-10-22-13-8-6-12(7-9-13)16-15(21)11-14-17-19-20-18-14/h6-9H,2-5,10-11H2,1H3,(H,16,21)(H,17,18,19,20). The minimum atomic E-state index is -0.186. The SMILES string of the molecule is CCCCCCOc1ccc(NC(=O)Cc2nn[nH]n2)cc1. The van der Waals surface area contributed by atoms with Crippen LogP contribution in [0.4, 0.5) is 5.69 Å². The van der Waals surface area contributed by atoms with E-state index >= 15 is 0 Å². The van der Waals surface area contributed by atoms with E-state index in [1.54, 1.807) is 0 Å². The van der Waals surface area contributed by atoms with Crippen LogP contribution in [0.2, 0.25) is 0 Å². The number of carbonyl (C=O) groups is 1. The van der Waals surface area contributed by atoms with Gasteiger partial charge in [0.1, 0.15) is 5.75 Å². The number of carbonyl (C=O) groups excluding carboxylic acids is 1. The van der Waals surface area contributed by atoms with Crippen molar-refractivity contribution in [2.75, 3.05) is 11.9 Å². The van der Waals surface area contributed by atoms with E-state index in [-0.39, 0.29) is 12.3 Å². The summed E-state index contributed by atoms with van der Waals surface area (Å²) in [6, 6.07) is 7.33. The van der Waals surface area contributed by atoms with E-state index < -0.39 is 0 Å². The Morgan fingerprint density at radius 3 is 2.73 bits per heavy atom. The van der Waals surface area contributed by atoms with Crippen LogP contribution in [0, 0.1) is 0 Å². The van der Waals surface area contributed by atoms with Crippen molar-refractivity contribution in [1.29, 1.82) is 0 Å². The molecule has 7 nitrogen and oxygen atoms in total. The van der Waals surface area contributed by atoms with Gasteiger partial charge in [0.05, 0.1) is 13.0 Å². The largest absolute Gasteiger partial charge is 0.494 e. The van der Waals surface area contributed by atoms with Crippen LogP contribution in [-0.2, 0) is 11.2 Å². The van der Waals surface area contributed by atoms with Crippen LogP contribution in [0.15, 0.2) is 24.3 Å². The second-order valence-corrected chi connectivity index (χ2v) is 4.99. The highest BCUT2D eigenvalue weighted by molar-refractivity contribution is 5.91. The minimum Gasteiger partial charge on any atom is -0.494 e. The zero-order valence-electron chi connectivity index (χ0n) is 12.7. The van der Waals surface area contributed by atoms with Crippen molar-refractivity contribution in [3.05, 3.63) is 30.1 Å². The number of nitrogens with one attached hydrogen (secondary N) is 2. The van der Waals surface area contributed by atoms with Crippen LogP contribution >= 0.6 is 0 Å². The average Bonchev–Trinajstić information content (AvgIpc) is 3.01. The molecule has 0 atom stereocenters. The number of benzene rings is 1. The summed E-state index contributed by atoms with van der Waals surface area (Å²) >= 11 is 0. The van der Waals surface area contributed by atoms with E-state index in [0.717, 1.165) is 18.8 Å². The number of aromatic amines is 1. The maximum absolute atomic E-state index is 11.8. The number of anilines is 1. The fourth-order valence-electron chi connectivity index (χ4n) is 1.96. The molecule has 0 aliphatic carbocycles. The van der Waals surface area contributed by atoms with Gasteiger partial charge in [0.25, 0.3) is 0 Å². The molecular formula is C15H21N5O2. The molecule has 22 heavy (non-hydrogen) atoms. The molecule has 2 aromatic rings. The van der Waals surface area contributed by atoms with Crippen molar-refractivity contribution in [1.82, 2.24) is 20.6 Å². The van der Waals surface area contributed by atoms with E-state index in [2.05, 4.69) is 32.9 Å². The first-order chi connectivity index (χ1) is 10.8. The Balaban J connectivity index is 1.73.